The van der Waals surface area contributed by atoms with Gasteiger partial charge in [-0.25, -0.2) is 14.2 Å². The van der Waals surface area contributed by atoms with Gasteiger partial charge in [0.1, 0.15) is 12.3 Å². The van der Waals surface area contributed by atoms with Crippen molar-refractivity contribution < 1.29 is 19.1 Å². The number of nitrogens with one attached hydrogen (secondary N) is 1. The van der Waals surface area contributed by atoms with Crippen LogP contribution in [0.15, 0.2) is 83.7 Å². The van der Waals surface area contributed by atoms with E-state index in [1.165, 1.54) is 10.5 Å². The second-order valence-corrected chi connectivity index (χ2v) is 8.23. The molecule has 0 aliphatic carbocycles. The monoisotopic (exact) mass is 496 g/mol. The molecule has 3 aromatic carbocycles. The molecular formula is C28H24N4O5. The number of methoxy groups -OCH3 is 1. The maximum absolute atomic E-state index is 13.2. The van der Waals surface area contributed by atoms with Gasteiger partial charge in [-0.2, -0.15) is 0 Å². The van der Waals surface area contributed by atoms with E-state index in [0.29, 0.717) is 33.9 Å². The smallest absolute Gasteiger partial charge is 0.340 e. The first-order valence-electron chi connectivity index (χ1n) is 11.7. The number of para-hydroxylation sites is 3. The molecule has 9 heteroatoms. The quantitative estimate of drug-likeness (QED) is 0.340. The van der Waals surface area contributed by atoms with E-state index >= 15 is 0 Å². The average molecular weight is 497 g/mol. The summed E-state index contributed by atoms with van der Waals surface area (Å²) < 4.78 is 13.5. The number of amides is 1. The first kappa shape index (κ1) is 23.8. The Balaban J connectivity index is 1.57. The SMILES string of the molecule is CCOC(=O)c1ccccc1NC(=O)Cn1c2ccccc2n2c(=O)cc(-c3ccc(OC)cc3)nc12. The molecular weight excluding hydrogens is 472 g/mol. The fourth-order valence-corrected chi connectivity index (χ4v) is 4.24. The number of anilines is 1. The fourth-order valence-electron chi connectivity index (χ4n) is 4.24. The first-order chi connectivity index (χ1) is 18.0. The summed E-state index contributed by atoms with van der Waals surface area (Å²) in [6.45, 7) is 1.81. The highest BCUT2D eigenvalue weighted by Gasteiger charge is 2.19. The normalized spacial score (nSPS) is 11.0. The number of fused-ring (bicyclic) bond motifs is 3. The molecule has 186 valence electrons. The Morgan fingerprint density at radius 1 is 0.946 bits per heavy atom. The zero-order valence-electron chi connectivity index (χ0n) is 20.3. The number of hydrogen-bond donors (Lipinski definition) is 1. The molecule has 2 heterocycles. The van der Waals surface area contributed by atoms with Crippen LogP contribution >= 0.6 is 0 Å². The third-order valence-corrected chi connectivity index (χ3v) is 5.94. The van der Waals surface area contributed by atoms with Gasteiger partial charge in [0.05, 0.1) is 41.7 Å². The molecule has 0 radical (unpaired) electrons. The van der Waals surface area contributed by atoms with Crippen molar-refractivity contribution in [1.29, 1.82) is 0 Å². The predicted molar refractivity (Wildman–Crippen MR) is 140 cm³/mol. The highest BCUT2D eigenvalue weighted by Crippen LogP contribution is 2.24. The summed E-state index contributed by atoms with van der Waals surface area (Å²) in [7, 11) is 1.58. The van der Waals surface area contributed by atoms with Crippen molar-refractivity contribution in [3.63, 3.8) is 0 Å². The van der Waals surface area contributed by atoms with Crippen LogP contribution < -0.4 is 15.6 Å². The van der Waals surface area contributed by atoms with Crippen molar-refractivity contribution in [3.8, 4) is 17.0 Å². The standard InChI is InChI=1S/C28H24N4O5/c1-3-37-27(35)20-8-4-5-9-21(20)29-25(33)17-31-23-10-6-7-11-24(23)32-26(34)16-22(30-28(31)32)18-12-14-19(36-2)15-13-18/h4-16H,3,17H2,1-2H3,(H,29,33). The minimum atomic E-state index is -0.521. The van der Waals surface area contributed by atoms with Gasteiger partial charge in [-0.3, -0.25) is 9.59 Å². The third-order valence-electron chi connectivity index (χ3n) is 5.94. The molecule has 5 rings (SSSR count). The number of benzene rings is 3. The van der Waals surface area contributed by atoms with Crippen LogP contribution in [0.25, 0.3) is 28.1 Å². The molecule has 37 heavy (non-hydrogen) atoms. The van der Waals surface area contributed by atoms with Gasteiger partial charge in [-0.1, -0.05) is 24.3 Å². The minimum absolute atomic E-state index is 0.132. The number of esters is 1. The summed E-state index contributed by atoms with van der Waals surface area (Å²) in [6, 6.07) is 22.7. The van der Waals surface area contributed by atoms with Gasteiger partial charge in [0.15, 0.2) is 0 Å². The largest absolute Gasteiger partial charge is 0.497 e. The van der Waals surface area contributed by atoms with Crippen molar-refractivity contribution >= 4 is 34.4 Å². The van der Waals surface area contributed by atoms with Gasteiger partial charge >= 0.3 is 5.97 Å². The second-order valence-electron chi connectivity index (χ2n) is 8.23. The van der Waals surface area contributed by atoms with E-state index in [4.69, 9.17) is 14.5 Å². The number of imidazole rings is 1. The number of nitrogens with zero attached hydrogens (tertiary/aromatic N) is 3. The molecule has 0 aliphatic heterocycles. The summed E-state index contributed by atoms with van der Waals surface area (Å²) in [5.74, 6) is 0.112. The first-order valence-corrected chi connectivity index (χ1v) is 11.7. The summed E-state index contributed by atoms with van der Waals surface area (Å²) in [6.07, 6.45) is 0. The Morgan fingerprint density at radius 2 is 1.65 bits per heavy atom. The molecule has 1 amide bonds. The molecule has 5 aromatic rings. The van der Waals surface area contributed by atoms with Crippen molar-refractivity contribution in [3.05, 3.63) is 94.8 Å². The number of ether oxygens (including phenoxy) is 2. The average Bonchev–Trinajstić information content (AvgIpc) is 3.23. The van der Waals surface area contributed by atoms with Crippen LogP contribution in [0.1, 0.15) is 17.3 Å². The number of rotatable bonds is 7. The van der Waals surface area contributed by atoms with E-state index in [1.54, 1.807) is 55.0 Å². The van der Waals surface area contributed by atoms with Crippen LogP contribution in [-0.4, -0.2) is 39.5 Å². The van der Waals surface area contributed by atoms with Gasteiger partial charge in [0.25, 0.3) is 5.56 Å². The van der Waals surface area contributed by atoms with Crippen LogP contribution in [-0.2, 0) is 16.1 Å². The van der Waals surface area contributed by atoms with Gasteiger partial charge in [-0.15, -0.1) is 0 Å². The Kier molecular flexibility index (Phi) is 6.42. The number of hydrogen-bond acceptors (Lipinski definition) is 6. The molecule has 1 N–H and O–H groups in total. The molecule has 9 nitrogen and oxygen atoms in total. The van der Waals surface area contributed by atoms with E-state index in [2.05, 4.69) is 5.32 Å². The molecule has 0 saturated heterocycles. The predicted octanol–water partition coefficient (Wildman–Crippen LogP) is 4.14. The molecule has 0 atom stereocenters. The molecule has 2 aromatic heterocycles. The third kappa shape index (κ3) is 4.54. The summed E-state index contributed by atoms with van der Waals surface area (Å²) >= 11 is 0. The molecule has 0 aliphatic rings. The zero-order valence-corrected chi connectivity index (χ0v) is 20.3. The van der Waals surface area contributed by atoms with Crippen LogP contribution in [0, 0.1) is 0 Å². The lowest BCUT2D eigenvalue weighted by atomic mass is 10.1. The van der Waals surface area contributed by atoms with Crippen molar-refractivity contribution in [1.82, 2.24) is 14.0 Å². The summed E-state index contributed by atoms with van der Waals surface area (Å²) in [5.41, 5.74) is 2.87. The van der Waals surface area contributed by atoms with Gasteiger partial charge in [0.2, 0.25) is 11.7 Å². The lowest BCUT2D eigenvalue weighted by molar-refractivity contribution is -0.116. The molecule has 0 unspecified atom stereocenters. The van der Waals surface area contributed by atoms with Crippen molar-refractivity contribution in [2.75, 3.05) is 19.0 Å². The van der Waals surface area contributed by atoms with E-state index in [0.717, 1.165) is 5.56 Å². The van der Waals surface area contributed by atoms with Gasteiger partial charge < -0.3 is 19.4 Å². The molecule has 0 bridgehead atoms. The van der Waals surface area contributed by atoms with Crippen LogP contribution in [0.3, 0.4) is 0 Å². The van der Waals surface area contributed by atoms with Crippen molar-refractivity contribution in [2.45, 2.75) is 13.5 Å². The highest BCUT2D eigenvalue weighted by atomic mass is 16.5. The van der Waals surface area contributed by atoms with Crippen LogP contribution in [0.2, 0.25) is 0 Å². The Labute approximate surface area is 211 Å². The highest BCUT2D eigenvalue weighted by molar-refractivity contribution is 6.01. The van der Waals surface area contributed by atoms with E-state index in [-0.39, 0.29) is 30.2 Å². The Morgan fingerprint density at radius 3 is 2.38 bits per heavy atom. The maximum atomic E-state index is 13.2. The second kappa shape index (κ2) is 9.98. The topological polar surface area (TPSA) is 104 Å². The molecule has 0 spiro atoms. The number of aromatic nitrogens is 3. The van der Waals surface area contributed by atoms with E-state index < -0.39 is 5.97 Å². The van der Waals surface area contributed by atoms with Crippen LogP contribution in [0.4, 0.5) is 5.69 Å². The lowest BCUT2D eigenvalue weighted by Gasteiger charge is -2.11. The summed E-state index contributed by atoms with van der Waals surface area (Å²) in [4.78, 5) is 43.5. The molecule has 0 saturated carbocycles. The fraction of sp³-hybridized carbons (Fsp3) is 0.143. The van der Waals surface area contributed by atoms with Crippen LogP contribution in [0.5, 0.6) is 5.75 Å². The number of carbonyl (C=O) groups is 2. The molecule has 0 fully saturated rings. The Hall–Kier alpha value is -4.92. The maximum Gasteiger partial charge on any atom is 0.340 e. The van der Waals surface area contributed by atoms with Gasteiger partial charge in [0, 0.05) is 11.6 Å². The lowest BCUT2D eigenvalue weighted by Crippen LogP contribution is -2.22. The Bertz CT molecular complexity index is 1690. The van der Waals surface area contributed by atoms with Crippen molar-refractivity contribution in [2.24, 2.45) is 0 Å². The van der Waals surface area contributed by atoms with E-state index in [1.807, 2.05) is 36.4 Å². The van der Waals surface area contributed by atoms with Gasteiger partial charge in [-0.05, 0) is 55.5 Å². The summed E-state index contributed by atoms with van der Waals surface area (Å²) in [5, 5.41) is 2.80. The zero-order chi connectivity index (χ0) is 25.9. The van der Waals surface area contributed by atoms with E-state index in [9.17, 15) is 14.4 Å². The minimum Gasteiger partial charge on any atom is -0.497 e. The number of carbonyl (C=O) groups excluding carboxylic acids is 2.